The first-order valence-corrected chi connectivity index (χ1v) is 9.15. The lowest BCUT2D eigenvalue weighted by molar-refractivity contribution is -0.120. The van der Waals surface area contributed by atoms with Crippen molar-refractivity contribution in [3.63, 3.8) is 0 Å². The second-order valence-electron chi connectivity index (χ2n) is 6.17. The summed E-state index contributed by atoms with van der Waals surface area (Å²) in [6, 6.07) is 5.38. The minimum Gasteiger partial charge on any atom is -0.494 e. The lowest BCUT2D eigenvalue weighted by Crippen LogP contribution is -2.21. The van der Waals surface area contributed by atoms with E-state index < -0.39 is 12.9 Å². The molecule has 0 fully saturated rings. The molecule has 0 unspecified atom stereocenters. The molecule has 0 bridgehead atoms. The van der Waals surface area contributed by atoms with Crippen LogP contribution in [0.2, 0.25) is 5.15 Å². The lowest BCUT2D eigenvalue weighted by atomic mass is 10.0. The fourth-order valence-corrected chi connectivity index (χ4v) is 2.99. The zero-order valence-electron chi connectivity index (χ0n) is 19.2. The van der Waals surface area contributed by atoms with Crippen molar-refractivity contribution in [1.82, 2.24) is 30.5 Å². The maximum Gasteiger partial charge on any atom is 0.225 e. The van der Waals surface area contributed by atoms with E-state index in [4.69, 9.17) is 20.5 Å². The minimum absolute atomic E-state index is 0.104. The number of likely N-dealkylation sites (N-methyl/N-ethyl adjacent to an activating group) is 1. The zero-order valence-corrected chi connectivity index (χ0v) is 16.9. The number of halogens is 1. The van der Waals surface area contributed by atoms with Gasteiger partial charge >= 0.3 is 0 Å². The van der Waals surface area contributed by atoms with Gasteiger partial charge in [-0.3, -0.25) is 4.79 Å². The maximum atomic E-state index is 12.1. The number of nitrogens with zero attached hydrogens (tertiary/aromatic N) is 5. The summed E-state index contributed by atoms with van der Waals surface area (Å²) >= 11 is 6.03. The molecular weight excluding hydrogens is 394 g/mol. The SMILES string of the molecule is [2H]C([2H])([2H])NC(=O)Cc1nnc(Cl)cc1Nc1cc(CC)cc(-c2cnn(C)n2)c1OC. The van der Waals surface area contributed by atoms with Gasteiger partial charge in [-0.1, -0.05) is 18.5 Å². The number of amides is 1. The third-order valence-corrected chi connectivity index (χ3v) is 4.40. The van der Waals surface area contributed by atoms with Crippen LogP contribution >= 0.6 is 11.6 Å². The van der Waals surface area contributed by atoms with Gasteiger partial charge in [-0.2, -0.15) is 20.1 Å². The van der Waals surface area contributed by atoms with E-state index in [1.165, 1.54) is 18.0 Å². The predicted molar refractivity (Wildman–Crippen MR) is 110 cm³/mol. The molecule has 0 saturated heterocycles. The Bertz CT molecular complexity index is 1130. The van der Waals surface area contributed by atoms with Crippen LogP contribution in [0.1, 0.15) is 22.3 Å². The van der Waals surface area contributed by atoms with Crippen molar-refractivity contribution in [2.45, 2.75) is 19.8 Å². The van der Waals surface area contributed by atoms with Crippen LogP contribution in [-0.2, 0) is 24.7 Å². The summed E-state index contributed by atoms with van der Waals surface area (Å²) in [7, 11) is 3.26. The van der Waals surface area contributed by atoms with Gasteiger partial charge in [0.1, 0.15) is 5.69 Å². The first-order chi connectivity index (χ1) is 15.1. The highest BCUT2D eigenvalue weighted by Crippen LogP contribution is 2.39. The van der Waals surface area contributed by atoms with Crippen LogP contribution in [0.15, 0.2) is 24.4 Å². The molecule has 2 N–H and O–H groups in total. The fourth-order valence-electron chi connectivity index (χ4n) is 2.84. The monoisotopic (exact) mass is 418 g/mol. The molecule has 10 heteroatoms. The van der Waals surface area contributed by atoms with Crippen molar-refractivity contribution < 1.29 is 13.6 Å². The largest absolute Gasteiger partial charge is 0.494 e. The average Bonchev–Trinajstić information content (AvgIpc) is 3.14. The molecule has 152 valence electrons. The molecule has 0 saturated carbocycles. The lowest BCUT2D eigenvalue weighted by Gasteiger charge is -2.17. The molecule has 3 rings (SSSR count). The summed E-state index contributed by atoms with van der Waals surface area (Å²) < 4.78 is 27.3. The smallest absolute Gasteiger partial charge is 0.225 e. The van der Waals surface area contributed by atoms with Gasteiger partial charge in [0.2, 0.25) is 5.91 Å². The number of carbonyl (C=O) groups excluding carboxylic acids is 1. The van der Waals surface area contributed by atoms with E-state index in [1.54, 1.807) is 13.2 Å². The number of benzene rings is 1. The van der Waals surface area contributed by atoms with Gasteiger partial charge in [0, 0.05) is 29.8 Å². The summed E-state index contributed by atoms with van der Waals surface area (Å²) in [5.41, 5.74) is 3.57. The van der Waals surface area contributed by atoms with E-state index in [1.807, 2.05) is 24.4 Å². The number of hydrogen-bond donors (Lipinski definition) is 2. The van der Waals surface area contributed by atoms with Crippen LogP contribution in [0.5, 0.6) is 5.75 Å². The minimum atomic E-state index is -2.60. The van der Waals surface area contributed by atoms with E-state index in [0.29, 0.717) is 22.8 Å². The number of anilines is 2. The topological polar surface area (TPSA) is 107 Å². The molecule has 1 aromatic carbocycles. The molecule has 0 spiro atoms. The van der Waals surface area contributed by atoms with E-state index in [2.05, 4.69) is 25.7 Å². The van der Waals surface area contributed by atoms with Gasteiger partial charge in [0.25, 0.3) is 0 Å². The molecule has 1 amide bonds. The van der Waals surface area contributed by atoms with Crippen molar-refractivity contribution in [2.75, 3.05) is 19.4 Å². The summed E-state index contributed by atoms with van der Waals surface area (Å²) in [6.07, 6.45) is 2.07. The summed E-state index contributed by atoms with van der Waals surface area (Å²) in [5.74, 6) is -0.215. The highest BCUT2D eigenvalue weighted by atomic mass is 35.5. The maximum absolute atomic E-state index is 12.1. The van der Waals surface area contributed by atoms with Crippen LogP contribution in [0, 0.1) is 0 Å². The zero-order chi connectivity index (χ0) is 23.5. The van der Waals surface area contributed by atoms with Gasteiger partial charge in [-0.25, -0.2) is 0 Å². The van der Waals surface area contributed by atoms with Gasteiger partial charge in [0.15, 0.2) is 10.9 Å². The Balaban J connectivity index is 2.03. The summed E-state index contributed by atoms with van der Waals surface area (Å²) in [5, 5.41) is 21.5. The van der Waals surface area contributed by atoms with Gasteiger partial charge in [-0.15, -0.1) is 5.10 Å². The Hall–Kier alpha value is -3.20. The highest BCUT2D eigenvalue weighted by molar-refractivity contribution is 6.29. The molecule has 0 radical (unpaired) electrons. The molecule has 2 heterocycles. The number of carbonyl (C=O) groups is 1. The van der Waals surface area contributed by atoms with Crippen molar-refractivity contribution in [1.29, 1.82) is 0 Å². The van der Waals surface area contributed by atoms with Crippen LogP contribution in [0.3, 0.4) is 0 Å². The molecule has 2 aromatic heterocycles. The molecular formula is C19H22ClN7O2. The van der Waals surface area contributed by atoms with E-state index in [-0.39, 0.29) is 17.3 Å². The van der Waals surface area contributed by atoms with Gasteiger partial charge in [0.05, 0.1) is 36.8 Å². The van der Waals surface area contributed by atoms with Crippen LogP contribution < -0.4 is 15.4 Å². The number of nitrogens with one attached hydrogen (secondary N) is 2. The van der Waals surface area contributed by atoms with Crippen molar-refractivity contribution >= 4 is 28.9 Å². The molecule has 29 heavy (non-hydrogen) atoms. The van der Waals surface area contributed by atoms with Crippen molar-refractivity contribution in [3.8, 4) is 17.0 Å². The normalized spacial score (nSPS) is 12.6. The molecule has 9 nitrogen and oxygen atoms in total. The Kier molecular flexibility index (Phi) is 5.12. The van der Waals surface area contributed by atoms with Crippen LogP contribution in [0.25, 0.3) is 11.3 Å². The summed E-state index contributed by atoms with van der Waals surface area (Å²) in [6.45, 7) is -0.587. The third-order valence-electron chi connectivity index (χ3n) is 4.21. The standard InChI is InChI=1S/C19H22ClN7O2/c1-5-11-6-12(16-10-22-27(3)26-16)19(29-4)15(7-11)23-13-8-17(20)25-24-14(13)9-18(28)21-2/h6-8,10H,5,9H2,1-4H3,(H,21,28)(H,23,25)/i2D3. The van der Waals surface area contributed by atoms with Crippen LogP contribution in [-0.4, -0.2) is 45.2 Å². The molecule has 3 aromatic rings. The first kappa shape index (κ1) is 16.7. The number of aryl methyl sites for hydroxylation is 2. The Labute approximate surface area is 177 Å². The first-order valence-electron chi connectivity index (χ1n) is 10.3. The molecule has 0 atom stereocenters. The molecule has 0 aliphatic rings. The van der Waals surface area contributed by atoms with E-state index >= 15 is 0 Å². The number of methoxy groups -OCH3 is 1. The Morgan fingerprint density at radius 1 is 1.31 bits per heavy atom. The second kappa shape index (κ2) is 8.87. The highest BCUT2D eigenvalue weighted by Gasteiger charge is 2.18. The predicted octanol–water partition coefficient (Wildman–Crippen LogP) is 2.53. The second-order valence-corrected chi connectivity index (χ2v) is 6.56. The number of ether oxygens (including phenoxy) is 1. The average molecular weight is 419 g/mol. The number of hydrogen-bond acceptors (Lipinski definition) is 7. The van der Waals surface area contributed by atoms with E-state index in [9.17, 15) is 4.79 Å². The van der Waals surface area contributed by atoms with Crippen molar-refractivity contribution in [3.05, 3.63) is 40.8 Å². The molecule has 0 aliphatic carbocycles. The third kappa shape index (κ3) is 4.62. The summed E-state index contributed by atoms with van der Waals surface area (Å²) in [4.78, 5) is 13.6. The van der Waals surface area contributed by atoms with Gasteiger partial charge in [-0.05, 0) is 24.1 Å². The van der Waals surface area contributed by atoms with Crippen LogP contribution in [0.4, 0.5) is 11.4 Å². The number of aromatic nitrogens is 5. The van der Waals surface area contributed by atoms with Crippen molar-refractivity contribution in [2.24, 2.45) is 7.05 Å². The van der Waals surface area contributed by atoms with Gasteiger partial charge < -0.3 is 15.4 Å². The number of rotatable bonds is 7. The van der Waals surface area contributed by atoms with E-state index in [0.717, 1.165) is 17.5 Å². The quantitative estimate of drug-likeness (QED) is 0.607. The Morgan fingerprint density at radius 2 is 2.14 bits per heavy atom. The fraction of sp³-hybridized carbons (Fsp3) is 0.316. The molecule has 0 aliphatic heterocycles. The Morgan fingerprint density at radius 3 is 2.79 bits per heavy atom.